The molecular weight excluding hydrogens is 594 g/mol. The first-order chi connectivity index (χ1) is 19.3. The Morgan fingerprint density at radius 3 is 2.15 bits per heavy atom. The van der Waals surface area contributed by atoms with Crippen LogP contribution < -0.4 is 5.32 Å². The van der Waals surface area contributed by atoms with E-state index in [1.165, 1.54) is 11.5 Å². The predicted molar refractivity (Wildman–Crippen MR) is 156 cm³/mol. The van der Waals surface area contributed by atoms with Crippen LogP contribution in [0.5, 0.6) is 0 Å². The minimum atomic E-state index is -1.72. The van der Waals surface area contributed by atoms with Crippen molar-refractivity contribution in [3.63, 3.8) is 0 Å². The first-order valence-electron chi connectivity index (χ1n) is 14.2. The Morgan fingerprint density at radius 2 is 1.56 bits per heavy atom. The third-order valence-electron chi connectivity index (χ3n) is 7.79. The highest BCUT2D eigenvalue weighted by atomic mass is 35.5. The van der Waals surface area contributed by atoms with Crippen molar-refractivity contribution in [2.45, 2.75) is 88.7 Å². The summed E-state index contributed by atoms with van der Waals surface area (Å²) in [5.74, 6) is -0.776. The van der Waals surface area contributed by atoms with Crippen LogP contribution in [0.2, 0.25) is 23.4 Å². The number of aromatic nitrogens is 2. The van der Waals surface area contributed by atoms with Gasteiger partial charge in [-0.1, -0.05) is 20.8 Å². The summed E-state index contributed by atoms with van der Waals surface area (Å²) in [5, 5.41) is 4.26. The van der Waals surface area contributed by atoms with Crippen LogP contribution in [0.15, 0.2) is 0 Å². The van der Waals surface area contributed by atoms with Crippen LogP contribution in [0.25, 0.3) is 0 Å². The van der Waals surface area contributed by atoms with E-state index in [9.17, 15) is 0 Å². The van der Waals surface area contributed by atoms with Crippen LogP contribution in [0.1, 0.15) is 34.6 Å². The Labute approximate surface area is 253 Å². The first-order valence-corrected chi connectivity index (χ1v) is 18.2. The van der Waals surface area contributed by atoms with Crippen molar-refractivity contribution >= 4 is 36.6 Å². The lowest BCUT2D eigenvalue weighted by molar-refractivity contribution is -0.208. The molecule has 0 unspecified atom stereocenters. The van der Waals surface area contributed by atoms with Crippen molar-refractivity contribution < 1.29 is 42.3 Å². The van der Waals surface area contributed by atoms with Crippen LogP contribution >= 0.6 is 23.1 Å². The normalized spacial score (nSPS) is 29.2. The van der Waals surface area contributed by atoms with Crippen LogP contribution in [0.4, 0.5) is 5.13 Å². The van der Waals surface area contributed by atoms with Gasteiger partial charge in [-0.2, -0.15) is 9.36 Å². The van der Waals surface area contributed by atoms with Gasteiger partial charge in [0.25, 0.3) is 0 Å². The molecule has 0 aromatic carbocycles. The Bertz CT molecular complexity index is 969. The number of nitrogens with one attached hydrogen (secondary N) is 1. The van der Waals surface area contributed by atoms with E-state index >= 15 is 0 Å². The molecule has 1 aromatic heterocycles. The second kappa shape index (κ2) is 14.1. The molecule has 4 heterocycles. The first kappa shape index (κ1) is 33.4. The maximum Gasteiger partial charge on any atom is 0.236 e. The quantitative estimate of drug-likeness (QED) is 0.198. The van der Waals surface area contributed by atoms with Gasteiger partial charge < -0.3 is 47.6 Å². The molecule has 236 valence electrons. The van der Waals surface area contributed by atoms with Crippen LogP contribution in [-0.2, 0) is 42.3 Å². The summed E-state index contributed by atoms with van der Waals surface area (Å²) < 4.78 is 57.8. The van der Waals surface area contributed by atoms with Crippen molar-refractivity contribution in [2.75, 3.05) is 71.4 Å². The van der Waals surface area contributed by atoms with Crippen LogP contribution in [-0.4, -0.2) is 120 Å². The Kier molecular flexibility index (Phi) is 11.5. The lowest BCUT2D eigenvalue weighted by Crippen LogP contribution is -2.63. The fraction of sp³-hybridized carbons (Fsp3) is 0.923. The molecule has 3 aliphatic rings. The average molecular weight is 640 g/mol. The Hall–Kier alpha value is -0.493. The highest BCUT2D eigenvalue weighted by molar-refractivity contribution is 7.09. The van der Waals surface area contributed by atoms with Gasteiger partial charge in [-0.25, -0.2) is 0 Å². The molecular formula is C26H46ClN3O9SSi. The second-order valence-corrected chi connectivity index (χ2v) is 18.3. The van der Waals surface area contributed by atoms with Gasteiger partial charge >= 0.3 is 0 Å². The minimum absolute atomic E-state index is 0.186. The molecule has 2 bridgehead atoms. The van der Waals surface area contributed by atoms with Gasteiger partial charge in [0.1, 0.15) is 23.9 Å². The van der Waals surface area contributed by atoms with E-state index < -0.39 is 32.1 Å². The molecule has 41 heavy (non-hydrogen) atoms. The summed E-state index contributed by atoms with van der Waals surface area (Å²) in [6.45, 7) is 19.6. The van der Waals surface area contributed by atoms with Gasteiger partial charge in [-0.05, 0) is 43.6 Å². The fourth-order valence-electron chi connectivity index (χ4n) is 4.65. The molecule has 0 saturated carbocycles. The van der Waals surface area contributed by atoms with Crippen molar-refractivity contribution in [1.82, 2.24) is 9.36 Å². The zero-order chi connectivity index (χ0) is 29.7. The molecule has 0 radical (unpaired) electrons. The number of hydrogen-bond acceptors (Lipinski definition) is 13. The lowest BCUT2D eigenvalue weighted by atomic mass is 9.88. The molecule has 4 rings (SSSR count). The topological polar surface area (TPSA) is 121 Å². The third kappa shape index (κ3) is 8.79. The standard InChI is InChI=1S/C26H46ClN3O9SSi/c1-24(2,3)41(6,7)36-15-14-33-11-10-31-8-9-32-12-13-34-16-26-17-35-21(39-26)18(28-23-29-22(27)30-40-23)19-20(26)38-25(4,5)37-19/h18-21H,8-17H2,1-7H3,(H,28,29,30)/t18-,19-,20-,21-,26+/m1/s1. The number of hydrogen-bond donors (Lipinski definition) is 1. The van der Waals surface area contributed by atoms with E-state index in [1.54, 1.807) is 0 Å². The highest BCUT2D eigenvalue weighted by Crippen LogP contribution is 2.47. The Balaban J connectivity index is 1.07. The SMILES string of the molecule is CC1(C)O[C@@H]2[C@@H](Nc3nc(Cl)ns3)[C@@H]3OC[C@](COCCOCCOCCOCCO[Si](C)(C)C(C)(C)C)(O3)[C@@H]2O1. The summed E-state index contributed by atoms with van der Waals surface area (Å²) in [4.78, 5) is 4.18. The Morgan fingerprint density at radius 1 is 0.951 bits per heavy atom. The number of anilines is 1. The number of halogens is 1. The van der Waals surface area contributed by atoms with E-state index in [1.807, 2.05) is 13.8 Å². The number of nitrogens with zero attached hydrogens (tertiary/aromatic N) is 2. The highest BCUT2D eigenvalue weighted by Gasteiger charge is 2.66. The monoisotopic (exact) mass is 639 g/mol. The lowest BCUT2D eigenvalue weighted by Gasteiger charge is -2.42. The maximum atomic E-state index is 6.35. The van der Waals surface area contributed by atoms with Crippen molar-refractivity contribution in [1.29, 1.82) is 0 Å². The van der Waals surface area contributed by atoms with Crippen molar-refractivity contribution in [2.24, 2.45) is 0 Å². The zero-order valence-corrected chi connectivity index (χ0v) is 27.8. The number of rotatable bonds is 17. The van der Waals surface area contributed by atoms with Crippen LogP contribution in [0, 0.1) is 0 Å². The molecule has 5 atom stereocenters. The largest absolute Gasteiger partial charge is 0.414 e. The molecule has 12 nitrogen and oxygen atoms in total. The van der Waals surface area contributed by atoms with E-state index in [2.05, 4.69) is 48.5 Å². The average Bonchev–Trinajstić information content (AvgIpc) is 3.57. The van der Waals surface area contributed by atoms with E-state index in [-0.39, 0.29) is 29.1 Å². The molecule has 3 saturated heterocycles. The number of fused-ring (bicyclic) bond motifs is 4. The molecule has 0 spiro atoms. The van der Waals surface area contributed by atoms with Gasteiger partial charge in [0.15, 0.2) is 20.4 Å². The number of ether oxygens (including phenoxy) is 8. The molecule has 0 aliphatic carbocycles. The van der Waals surface area contributed by atoms with Crippen molar-refractivity contribution in [3.8, 4) is 0 Å². The van der Waals surface area contributed by atoms with Gasteiger partial charge in [-0.3, -0.25) is 0 Å². The van der Waals surface area contributed by atoms with E-state index in [0.717, 1.165) is 0 Å². The smallest absolute Gasteiger partial charge is 0.236 e. The molecule has 15 heteroatoms. The van der Waals surface area contributed by atoms with Gasteiger partial charge in [0.05, 0.1) is 66.1 Å². The summed E-state index contributed by atoms with van der Waals surface area (Å²) in [6.07, 6.45) is -1.28. The fourth-order valence-corrected chi connectivity index (χ4v) is 6.44. The third-order valence-corrected chi connectivity index (χ3v) is 13.2. The predicted octanol–water partition coefficient (Wildman–Crippen LogP) is 3.71. The molecule has 0 amide bonds. The molecule has 1 N–H and O–H groups in total. The summed E-state index contributed by atoms with van der Waals surface area (Å²) in [5.41, 5.74) is -0.779. The maximum absolute atomic E-state index is 6.35. The van der Waals surface area contributed by atoms with Gasteiger partial charge in [-0.15, -0.1) is 0 Å². The van der Waals surface area contributed by atoms with Gasteiger partial charge in [0, 0.05) is 11.5 Å². The second-order valence-electron chi connectivity index (χ2n) is 12.4. The molecule has 1 aromatic rings. The van der Waals surface area contributed by atoms with E-state index in [4.69, 9.17) is 53.9 Å². The zero-order valence-electron chi connectivity index (χ0n) is 25.2. The van der Waals surface area contributed by atoms with Gasteiger partial charge in [0.2, 0.25) is 10.4 Å². The molecule has 3 aliphatic heterocycles. The summed E-state index contributed by atoms with van der Waals surface area (Å²) in [6, 6.07) is -0.342. The summed E-state index contributed by atoms with van der Waals surface area (Å²) >= 11 is 7.06. The summed E-state index contributed by atoms with van der Waals surface area (Å²) in [7, 11) is -1.72. The molecule has 3 fully saturated rings. The van der Waals surface area contributed by atoms with E-state index in [0.29, 0.717) is 64.6 Å². The van der Waals surface area contributed by atoms with Crippen LogP contribution in [0.3, 0.4) is 0 Å². The van der Waals surface area contributed by atoms with Crippen molar-refractivity contribution in [3.05, 3.63) is 5.28 Å². The minimum Gasteiger partial charge on any atom is -0.414 e.